The SMILES string of the molecule is CC1Cc2ccccc2N1C(=O)c1csc(NC(=O)Nc2cccc(Cl)c2)n1. The Kier molecular flexibility index (Phi) is 5.02. The number of benzene rings is 2. The molecule has 1 aliphatic rings. The first-order chi connectivity index (χ1) is 13.5. The van der Waals surface area contributed by atoms with Gasteiger partial charge in [-0.3, -0.25) is 10.1 Å². The average molecular weight is 413 g/mol. The highest BCUT2D eigenvalue weighted by molar-refractivity contribution is 7.14. The van der Waals surface area contributed by atoms with Gasteiger partial charge >= 0.3 is 6.03 Å². The molecule has 4 rings (SSSR count). The lowest BCUT2D eigenvalue weighted by Gasteiger charge is -2.21. The van der Waals surface area contributed by atoms with E-state index >= 15 is 0 Å². The predicted molar refractivity (Wildman–Crippen MR) is 113 cm³/mol. The molecule has 1 aliphatic heterocycles. The molecule has 1 aromatic heterocycles. The number of carbonyl (C=O) groups excluding carboxylic acids is 2. The summed E-state index contributed by atoms with van der Waals surface area (Å²) >= 11 is 7.12. The molecule has 1 unspecified atom stereocenters. The van der Waals surface area contributed by atoms with Gasteiger partial charge in [0.25, 0.3) is 5.91 Å². The van der Waals surface area contributed by atoms with E-state index in [2.05, 4.69) is 15.6 Å². The van der Waals surface area contributed by atoms with Crippen LogP contribution in [0.3, 0.4) is 0 Å². The number of amides is 3. The number of hydrogen-bond acceptors (Lipinski definition) is 4. The maximum Gasteiger partial charge on any atom is 0.325 e. The molecule has 0 bridgehead atoms. The average Bonchev–Trinajstić information content (AvgIpc) is 3.24. The van der Waals surface area contributed by atoms with Crippen LogP contribution in [0.5, 0.6) is 0 Å². The van der Waals surface area contributed by atoms with Gasteiger partial charge in [0.2, 0.25) is 0 Å². The number of nitrogens with one attached hydrogen (secondary N) is 2. The summed E-state index contributed by atoms with van der Waals surface area (Å²) < 4.78 is 0. The molecule has 1 atom stereocenters. The number of fused-ring (bicyclic) bond motifs is 1. The van der Waals surface area contributed by atoms with Crippen LogP contribution in [0.4, 0.5) is 21.3 Å². The molecule has 0 fully saturated rings. The maximum absolute atomic E-state index is 13.0. The van der Waals surface area contributed by atoms with E-state index in [0.717, 1.165) is 17.7 Å². The Balaban J connectivity index is 1.46. The van der Waals surface area contributed by atoms with Crippen molar-refractivity contribution in [1.82, 2.24) is 4.98 Å². The standard InChI is InChI=1S/C20H17ClN4O2S/c1-12-9-13-5-2-3-8-17(13)25(12)18(26)16-11-28-20(23-16)24-19(27)22-15-7-4-6-14(21)10-15/h2-8,10-12H,9H2,1H3,(H2,22,23,24,27). The molecular weight excluding hydrogens is 396 g/mol. The number of nitrogens with zero attached hydrogens (tertiary/aromatic N) is 2. The smallest absolute Gasteiger partial charge is 0.308 e. The molecule has 0 saturated carbocycles. The second-order valence-electron chi connectivity index (χ2n) is 6.48. The van der Waals surface area contributed by atoms with Gasteiger partial charge in [0.05, 0.1) is 0 Å². The van der Waals surface area contributed by atoms with E-state index in [4.69, 9.17) is 11.6 Å². The number of thiazole rings is 1. The third-order valence-corrected chi connectivity index (χ3v) is 5.45. The highest BCUT2D eigenvalue weighted by Gasteiger charge is 2.32. The number of halogens is 1. The Morgan fingerprint density at radius 2 is 2.00 bits per heavy atom. The number of hydrogen-bond donors (Lipinski definition) is 2. The van der Waals surface area contributed by atoms with E-state index in [1.807, 2.05) is 31.2 Å². The summed E-state index contributed by atoms with van der Waals surface area (Å²) in [5.41, 5.74) is 2.95. The lowest BCUT2D eigenvalue weighted by atomic mass is 10.1. The zero-order valence-electron chi connectivity index (χ0n) is 15.0. The monoisotopic (exact) mass is 412 g/mol. The summed E-state index contributed by atoms with van der Waals surface area (Å²) in [6.07, 6.45) is 0.819. The van der Waals surface area contributed by atoms with Gasteiger partial charge in [0.15, 0.2) is 5.13 Å². The van der Waals surface area contributed by atoms with Gasteiger partial charge in [-0.2, -0.15) is 0 Å². The minimum absolute atomic E-state index is 0.0640. The lowest BCUT2D eigenvalue weighted by molar-refractivity contribution is 0.0977. The highest BCUT2D eigenvalue weighted by Crippen LogP contribution is 2.33. The fourth-order valence-corrected chi connectivity index (χ4v) is 4.12. The van der Waals surface area contributed by atoms with Crippen molar-refractivity contribution in [3.8, 4) is 0 Å². The third kappa shape index (κ3) is 3.72. The quantitative estimate of drug-likeness (QED) is 0.633. The minimum atomic E-state index is -0.449. The van der Waals surface area contributed by atoms with Crippen LogP contribution in [0.25, 0.3) is 0 Å². The maximum atomic E-state index is 13.0. The van der Waals surface area contributed by atoms with Crippen LogP contribution < -0.4 is 15.5 Å². The van der Waals surface area contributed by atoms with E-state index in [1.165, 1.54) is 11.3 Å². The van der Waals surface area contributed by atoms with Crippen LogP contribution >= 0.6 is 22.9 Å². The molecular formula is C20H17ClN4O2S. The molecule has 0 aliphatic carbocycles. The molecule has 2 aromatic carbocycles. The predicted octanol–water partition coefficient (Wildman–Crippen LogP) is 5.03. The van der Waals surface area contributed by atoms with Crippen LogP contribution in [-0.2, 0) is 6.42 Å². The van der Waals surface area contributed by atoms with Crippen LogP contribution in [0, 0.1) is 0 Å². The van der Waals surface area contributed by atoms with Crippen molar-refractivity contribution in [2.24, 2.45) is 0 Å². The first-order valence-corrected chi connectivity index (χ1v) is 9.97. The van der Waals surface area contributed by atoms with Gasteiger partial charge in [-0.25, -0.2) is 9.78 Å². The Morgan fingerprint density at radius 1 is 1.18 bits per heavy atom. The molecule has 3 aromatic rings. The zero-order valence-corrected chi connectivity index (χ0v) is 16.6. The van der Waals surface area contributed by atoms with Crippen molar-refractivity contribution >= 4 is 51.4 Å². The number of urea groups is 1. The number of rotatable bonds is 3. The van der Waals surface area contributed by atoms with Crippen molar-refractivity contribution in [3.05, 3.63) is 70.2 Å². The molecule has 0 saturated heterocycles. The van der Waals surface area contributed by atoms with E-state index in [1.54, 1.807) is 34.5 Å². The van der Waals surface area contributed by atoms with Crippen LogP contribution in [0.2, 0.25) is 5.02 Å². The fraction of sp³-hybridized carbons (Fsp3) is 0.150. The molecule has 0 spiro atoms. The Labute approximate surface area is 171 Å². The Hall–Kier alpha value is -2.90. The van der Waals surface area contributed by atoms with Crippen LogP contribution in [0.15, 0.2) is 53.9 Å². The first-order valence-electron chi connectivity index (χ1n) is 8.72. The number of anilines is 3. The normalized spacial score (nSPS) is 15.2. The third-order valence-electron chi connectivity index (χ3n) is 4.45. The van der Waals surface area contributed by atoms with E-state index in [9.17, 15) is 9.59 Å². The topological polar surface area (TPSA) is 74.3 Å². The second kappa shape index (κ2) is 7.61. The van der Waals surface area contributed by atoms with Crippen molar-refractivity contribution < 1.29 is 9.59 Å². The Bertz CT molecular complexity index is 1050. The molecule has 0 radical (unpaired) electrons. The van der Waals surface area contributed by atoms with Gasteiger partial charge in [0.1, 0.15) is 5.69 Å². The molecule has 8 heteroatoms. The summed E-state index contributed by atoms with van der Waals surface area (Å²) in [5.74, 6) is -0.169. The Morgan fingerprint density at radius 3 is 2.82 bits per heavy atom. The second-order valence-corrected chi connectivity index (χ2v) is 7.78. The largest absolute Gasteiger partial charge is 0.325 e. The van der Waals surface area contributed by atoms with Crippen LogP contribution in [-0.4, -0.2) is 23.0 Å². The van der Waals surface area contributed by atoms with Gasteiger partial charge in [0, 0.05) is 27.8 Å². The van der Waals surface area contributed by atoms with Crippen molar-refractivity contribution in [1.29, 1.82) is 0 Å². The molecule has 2 N–H and O–H groups in total. The molecule has 6 nitrogen and oxygen atoms in total. The fourth-order valence-electron chi connectivity index (χ4n) is 3.25. The van der Waals surface area contributed by atoms with Crippen LogP contribution in [0.1, 0.15) is 23.0 Å². The highest BCUT2D eigenvalue weighted by atomic mass is 35.5. The molecule has 2 heterocycles. The summed E-state index contributed by atoms with van der Waals surface area (Å²) in [5, 5.41) is 7.87. The van der Waals surface area contributed by atoms with Crippen molar-refractivity contribution in [2.45, 2.75) is 19.4 Å². The van der Waals surface area contributed by atoms with Gasteiger partial charge in [-0.1, -0.05) is 35.9 Å². The van der Waals surface area contributed by atoms with Gasteiger partial charge < -0.3 is 10.2 Å². The number of para-hydroxylation sites is 1. The summed E-state index contributed by atoms with van der Waals surface area (Å²) in [6.45, 7) is 2.02. The first kappa shape index (κ1) is 18.5. The van der Waals surface area contributed by atoms with Crippen molar-refractivity contribution in [2.75, 3.05) is 15.5 Å². The molecule has 142 valence electrons. The zero-order chi connectivity index (χ0) is 19.7. The van der Waals surface area contributed by atoms with Crippen molar-refractivity contribution in [3.63, 3.8) is 0 Å². The van der Waals surface area contributed by atoms with E-state index in [-0.39, 0.29) is 11.9 Å². The molecule has 3 amide bonds. The lowest BCUT2D eigenvalue weighted by Crippen LogP contribution is -2.35. The molecule has 28 heavy (non-hydrogen) atoms. The van der Waals surface area contributed by atoms with E-state index in [0.29, 0.717) is 21.5 Å². The minimum Gasteiger partial charge on any atom is -0.308 e. The van der Waals surface area contributed by atoms with Gasteiger partial charge in [-0.15, -0.1) is 11.3 Å². The van der Waals surface area contributed by atoms with Gasteiger partial charge in [-0.05, 0) is 43.2 Å². The number of aromatic nitrogens is 1. The van der Waals surface area contributed by atoms with E-state index < -0.39 is 6.03 Å². The number of carbonyl (C=O) groups is 2. The summed E-state index contributed by atoms with van der Waals surface area (Å²) in [4.78, 5) is 31.2. The summed E-state index contributed by atoms with van der Waals surface area (Å²) in [6, 6.07) is 14.3. The summed E-state index contributed by atoms with van der Waals surface area (Å²) in [7, 11) is 0.